The van der Waals surface area contributed by atoms with Crippen molar-refractivity contribution in [3.8, 4) is 0 Å². The van der Waals surface area contributed by atoms with Crippen LogP contribution in [0.25, 0.3) is 0 Å². The van der Waals surface area contributed by atoms with Crippen LogP contribution in [0.15, 0.2) is 0 Å². The van der Waals surface area contributed by atoms with Crippen molar-refractivity contribution >= 4 is 5.91 Å². The molecule has 0 radical (unpaired) electrons. The van der Waals surface area contributed by atoms with E-state index in [1.165, 1.54) is 19.3 Å². The molecule has 0 aromatic heterocycles. The van der Waals surface area contributed by atoms with E-state index in [-0.39, 0.29) is 5.91 Å². The molecular formula is C11H25N3O. The maximum absolute atomic E-state index is 10.9. The molecule has 0 aromatic rings. The Kier molecular flexibility index (Phi) is 11.0. The van der Waals surface area contributed by atoms with Gasteiger partial charge in [0.05, 0.1) is 0 Å². The Morgan fingerprint density at radius 3 is 2.40 bits per heavy atom. The van der Waals surface area contributed by atoms with Crippen LogP contribution < -0.4 is 16.0 Å². The molecule has 1 amide bonds. The smallest absolute Gasteiger partial charge is 0.219 e. The molecule has 0 saturated heterocycles. The average molecular weight is 215 g/mol. The third-order valence-corrected chi connectivity index (χ3v) is 2.23. The summed E-state index contributed by atoms with van der Waals surface area (Å²) < 4.78 is 0. The van der Waals surface area contributed by atoms with Crippen molar-refractivity contribution in [1.29, 1.82) is 0 Å². The molecule has 0 aliphatic rings. The minimum Gasteiger partial charge on any atom is -0.355 e. The van der Waals surface area contributed by atoms with Crippen LogP contribution in [0, 0.1) is 0 Å². The van der Waals surface area contributed by atoms with Gasteiger partial charge in [-0.05, 0) is 33.0 Å². The normalized spacial score (nSPS) is 10.3. The second-order valence-electron chi connectivity index (χ2n) is 3.62. The van der Waals surface area contributed by atoms with Gasteiger partial charge >= 0.3 is 0 Å². The van der Waals surface area contributed by atoms with Gasteiger partial charge in [0.2, 0.25) is 5.91 Å². The van der Waals surface area contributed by atoms with E-state index in [2.05, 4.69) is 16.0 Å². The van der Waals surface area contributed by atoms with E-state index < -0.39 is 0 Å². The highest BCUT2D eigenvalue weighted by molar-refractivity contribution is 5.75. The van der Waals surface area contributed by atoms with Crippen LogP contribution >= 0.6 is 0 Å². The number of unbranched alkanes of at least 4 members (excludes halogenated alkanes) is 2. The molecule has 0 bridgehead atoms. The number of nitrogens with one attached hydrogen (secondary N) is 3. The molecule has 0 fully saturated rings. The van der Waals surface area contributed by atoms with Gasteiger partial charge in [-0.2, -0.15) is 0 Å². The number of carbonyl (C=O) groups is 1. The summed E-state index contributed by atoms with van der Waals surface area (Å²) in [5.74, 6) is 0.130. The van der Waals surface area contributed by atoms with Crippen molar-refractivity contribution in [2.24, 2.45) is 0 Å². The molecular weight excluding hydrogens is 190 g/mol. The summed E-state index contributed by atoms with van der Waals surface area (Å²) in [5.41, 5.74) is 0. The largest absolute Gasteiger partial charge is 0.355 e. The predicted molar refractivity (Wildman–Crippen MR) is 63.9 cm³/mol. The lowest BCUT2D eigenvalue weighted by molar-refractivity contribution is -0.120. The minimum absolute atomic E-state index is 0.130. The van der Waals surface area contributed by atoms with E-state index in [0.29, 0.717) is 6.42 Å². The zero-order valence-electron chi connectivity index (χ0n) is 10.1. The molecule has 0 rings (SSSR count). The zero-order valence-corrected chi connectivity index (χ0v) is 10.1. The lowest BCUT2D eigenvalue weighted by Gasteiger charge is -2.05. The molecule has 0 saturated carbocycles. The van der Waals surface area contributed by atoms with Crippen molar-refractivity contribution in [2.45, 2.75) is 32.6 Å². The molecule has 0 heterocycles. The third-order valence-electron chi connectivity index (χ3n) is 2.23. The topological polar surface area (TPSA) is 53.2 Å². The van der Waals surface area contributed by atoms with Crippen LogP contribution in [0.4, 0.5) is 0 Å². The first-order valence-electron chi connectivity index (χ1n) is 5.93. The first kappa shape index (κ1) is 14.4. The summed E-state index contributed by atoms with van der Waals surface area (Å²) in [6.07, 6.45) is 4.29. The summed E-state index contributed by atoms with van der Waals surface area (Å²) >= 11 is 0. The zero-order chi connectivity index (χ0) is 11.4. The van der Waals surface area contributed by atoms with E-state index in [1.807, 2.05) is 14.0 Å². The van der Waals surface area contributed by atoms with Crippen LogP contribution in [0.2, 0.25) is 0 Å². The maximum atomic E-state index is 10.9. The van der Waals surface area contributed by atoms with Crippen molar-refractivity contribution < 1.29 is 4.79 Å². The molecule has 3 N–H and O–H groups in total. The molecule has 4 nitrogen and oxygen atoms in total. The Balaban J connectivity index is 2.95. The second-order valence-corrected chi connectivity index (χ2v) is 3.62. The molecule has 0 atom stereocenters. The van der Waals surface area contributed by atoms with Gasteiger partial charge in [-0.3, -0.25) is 4.79 Å². The van der Waals surface area contributed by atoms with Gasteiger partial charge in [0.25, 0.3) is 0 Å². The average Bonchev–Trinajstić information content (AvgIpc) is 2.26. The van der Waals surface area contributed by atoms with Crippen LogP contribution in [0.1, 0.15) is 32.6 Å². The Morgan fingerprint density at radius 1 is 1.00 bits per heavy atom. The quantitative estimate of drug-likeness (QED) is 0.465. The summed E-state index contributed by atoms with van der Waals surface area (Å²) in [7, 11) is 1.98. The van der Waals surface area contributed by atoms with Crippen LogP contribution in [0.3, 0.4) is 0 Å². The second kappa shape index (κ2) is 11.5. The standard InChI is InChI=1S/C11H25N3O/c1-3-11(15)14-10-9-13-8-6-4-5-7-12-2/h12-13H,3-10H2,1-2H3,(H,14,15). The molecule has 90 valence electrons. The number of carbonyl (C=O) groups excluding carboxylic acids is 1. The highest BCUT2D eigenvalue weighted by Gasteiger charge is 1.94. The van der Waals surface area contributed by atoms with Crippen molar-refractivity contribution in [3.05, 3.63) is 0 Å². The van der Waals surface area contributed by atoms with Gasteiger partial charge < -0.3 is 16.0 Å². The number of hydrogen-bond acceptors (Lipinski definition) is 3. The van der Waals surface area contributed by atoms with Gasteiger partial charge in [-0.25, -0.2) is 0 Å². The first-order valence-corrected chi connectivity index (χ1v) is 5.93. The van der Waals surface area contributed by atoms with Gasteiger partial charge in [-0.15, -0.1) is 0 Å². The van der Waals surface area contributed by atoms with Gasteiger partial charge in [0.15, 0.2) is 0 Å². The fourth-order valence-corrected chi connectivity index (χ4v) is 1.27. The Morgan fingerprint density at radius 2 is 1.73 bits per heavy atom. The highest BCUT2D eigenvalue weighted by atomic mass is 16.1. The van der Waals surface area contributed by atoms with Gasteiger partial charge in [-0.1, -0.05) is 13.3 Å². The molecule has 0 aromatic carbocycles. The van der Waals surface area contributed by atoms with Crippen molar-refractivity contribution in [2.75, 3.05) is 33.2 Å². The van der Waals surface area contributed by atoms with E-state index >= 15 is 0 Å². The molecule has 0 aliphatic carbocycles. The Hall–Kier alpha value is -0.610. The molecule has 0 spiro atoms. The maximum Gasteiger partial charge on any atom is 0.219 e. The first-order chi connectivity index (χ1) is 7.31. The third kappa shape index (κ3) is 11.3. The van der Waals surface area contributed by atoms with Crippen LogP contribution in [-0.2, 0) is 4.79 Å². The Bertz CT molecular complexity index is 151. The van der Waals surface area contributed by atoms with Crippen molar-refractivity contribution in [1.82, 2.24) is 16.0 Å². The van der Waals surface area contributed by atoms with Crippen LogP contribution in [0.5, 0.6) is 0 Å². The lowest BCUT2D eigenvalue weighted by atomic mass is 10.2. The lowest BCUT2D eigenvalue weighted by Crippen LogP contribution is -2.31. The van der Waals surface area contributed by atoms with Gasteiger partial charge in [0.1, 0.15) is 0 Å². The molecule has 0 aliphatic heterocycles. The summed E-state index contributed by atoms with van der Waals surface area (Å²) in [6, 6.07) is 0. The Labute approximate surface area is 93.2 Å². The summed E-state index contributed by atoms with van der Waals surface area (Å²) in [5, 5.41) is 9.27. The van der Waals surface area contributed by atoms with E-state index in [1.54, 1.807) is 0 Å². The number of hydrogen-bond donors (Lipinski definition) is 3. The molecule has 0 unspecified atom stereocenters. The summed E-state index contributed by atoms with van der Waals surface area (Å²) in [6.45, 7) is 5.63. The van der Waals surface area contributed by atoms with E-state index in [4.69, 9.17) is 0 Å². The fourth-order valence-electron chi connectivity index (χ4n) is 1.27. The van der Waals surface area contributed by atoms with E-state index in [9.17, 15) is 4.79 Å². The molecule has 15 heavy (non-hydrogen) atoms. The monoisotopic (exact) mass is 215 g/mol. The van der Waals surface area contributed by atoms with Crippen molar-refractivity contribution in [3.63, 3.8) is 0 Å². The fraction of sp³-hybridized carbons (Fsp3) is 0.909. The predicted octanol–water partition coefficient (Wildman–Crippen LogP) is 0.492. The summed E-state index contributed by atoms with van der Waals surface area (Å²) in [4.78, 5) is 10.9. The van der Waals surface area contributed by atoms with Crippen LogP contribution in [-0.4, -0.2) is 39.1 Å². The molecule has 4 heteroatoms. The number of amides is 1. The highest BCUT2D eigenvalue weighted by Crippen LogP contribution is 1.91. The SMILES string of the molecule is CCC(=O)NCCNCCCCCNC. The van der Waals surface area contributed by atoms with Gasteiger partial charge in [0, 0.05) is 19.5 Å². The minimum atomic E-state index is 0.130. The van der Waals surface area contributed by atoms with E-state index in [0.717, 1.165) is 26.2 Å². The number of rotatable bonds is 10.